The van der Waals surface area contributed by atoms with Crippen molar-refractivity contribution in [1.82, 2.24) is 5.32 Å². The van der Waals surface area contributed by atoms with E-state index in [1.54, 1.807) is 23.6 Å². The highest BCUT2D eigenvalue weighted by atomic mass is 32.2. The summed E-state index contributed by atoms with van der Waals surface area (Å²) < 4.78 is 16.1. The van der Waals surface area contributed by atoms with Crippen LogP contribution in [0.3, 0.4) is 0 Å². The molecular formula is C34H31N3O5S. The summed E-state index contributed by atoms with van der Waals surface area (Å²) >= 11 is 0. The van der Waals surface area contributed by atoms with Gasteiger partial charge in [-0.2, -0.15) is 0 Å². The molecule has 0 amide bonds. The number of carbonyl (C=O) groups is 1. The third kappa shape index (κ3) is 5.45. The Hall–Kier alpha value is -4.73. The number of aliphatic carboxylic acids is 1. The van der Waals surface area contributed by atoms with Crippen LogP contribution in [0.1, 0.15) is 42.0 Å². The summed E-state index contributed by atoms with van der Waals surface area (Å²) in [5.74, 6) is -1.82. The summed E-state index contributed by atoms with van der Waals surface area (Å²) in [6.45, 7) is 3.61. The van der Waals surface area contributed by atoms with Crippen molar-refractivity contribution >= 4 is 21.8 Å². The molecule has 0 radical (unpaired) electrons. The first-order valence-electron chi connectivity index (χ1n) is 13.8. The maximum atomic E-state index is 12.8. The van der Waals surface area contributed by atoms with E-state index in [-0.39, 0.29) is 0 Å². The molecule has 0 aromatic heterocycles. The predicted molar refractivity (Wildman–Crippen MR) is 167 cm³/mol. The first-order valence-corrected chi connectivity index (χ1v) is 15.0. The van der Waals surface area contributed by atoms with Crippen LogP contribution >= 0.6 is 0 Å². The van der Waals surface area contributed by atoms with E-state index in [2.05, 4.69) is 9.84 Å². The van der Waals surface area contributed by atoms with Gasteiger partial charge < -0.3 is 19.9 Å². The number of rotatable bonds is 8. The predicted octanol–water partition coefficient (Wildman–Crippen LogP) is 6.52. The van der Waals surface area contributed by atoms with Crippen LogP contribution in [-0.4, -0.2) is 29.1 Å². The molecule has 2 atom stereocenters. The molecule has 4 aromatic rings. The number of benzene rings is 4. The molecule has 2 unspecified atom stereocenters. The molecule has 0 aliphatic carbocycles. The van der Waals surface area contributed by atoms with Crippen molar-refractivity contribution in [2.24, 2.45) is 9.52 Å². The van der Waals surface area contributed by atoms with Crippen LogP contribution in [0, 0.1) is 0 Å². The Morgan fingerprint density at radius 2 is 1.40 bits per heavy atom. The average Bonchev–Trinajstić information content (AvgIpc) is 3.54. The third-order valence-corrected chi connectivity index (χ3v) is 8.63. The number of amidine groups is 1. The van der Waals surface area contributed by atoms with E-state index in [9.17, 15) is 9.90 Å². The van der Waals surface area contributed by atoms with Gasteiger partial charge in [-0.05, 0) is 34.4 Å². The minimum absolute atomic E-state index is 0.441. The Morgan fingerprint density at radius 3 is 1.91 bits per heavy atom. The van der Waals surface area contributed by atoms with Gasteiger partial charge in [0.05, 0.1) is 7.11 Å². The number of aliphatic imine (C=N–C) groups is 1. The number of hydrogen-bond donors (Lipinski definition) is 2. The Balaban J connectivity index is 1.50. The lowest BCUT2D eigenvalue weighted by Gasteiger charge is -2.32. The standard InChI is InChI=1S/C34H31N3O5S/c1-33(2)41-28-20-19-23(21-29(28)42-33)30(31(38)39)27-22-43(37-40-3)32(35-27)36-34(24-13-7-4-8-14-24,25-15-9-5-10-16-25)26-17-11-6-12-18-26/h4-22,30H,1-3H3,(H,35,36)(H,38,39). The zero-order valence-corrected chi connectivity index (χ0v) is 24.7. The van der Waals surface area contributed by atoms with Crippen LogP contribution in [0.5, 0.6) is 11.5 Å². The molecule has 2 aliphatic heterocycles. The zero-order valence-electron chi connectivity index (χ0n) is 23.9. The summed E-state index contributed by atoms with van der Waals surface area (Å²) in [4.78, 5) is 23.5. The fourth-order valence-electron chi connectivity index (χ4n) is 5.49. The average molecular weight is 594 g/mol. The van der Waals surface area contributed by atoms with Gasteiger partial charge in [-0.25, -0.2) is 9.83 Å². The molecule has 43 heavy (non-hydrogen) atoms. The minimum atomic E-state index is -1.04. The molecule has 2 heterocycles. The largest absolute Gasteiger partial charge is 0.480 e. The third-order valence-electron chi connectivity index (χ3n) is 7.26. The number of ether oxygens (including phenoxy) is 2. The highest BCUT2D eigenvalue weighted by Gasteiger charge is 2.40. The van der Waals surface area contributed by atoms with Crippen molar-refractivity contribution in [3.63, 3.8) is 0 Å². The molecule has 0 spiro atoms. The number of nitrogens with one attached hydrogen (secondary N) is 1. The Bertz CT molecular complexity index is 1640. The van der Waals surface area contributed by atoms with E-state index in [4.69, 9.17) is 19.3 Å². The van der Waals surface area contributed by atoms with Gasteiger partial charge in [-0.15, -0.1) is 0 Å². The van der Waals surface area contributed by atoms with Crippen molar-refractivity contribution in [3.8, 4) is 11.5 Å². The number of hydrogen-bond acceptors (Lipinski definition) is 6. The maximum Gasteiger partial charge on any atom is 0.317 e. The second kappa shape index (κ2) is 11.5. The monoisotopic (exact) mass is 593 g/mol. The summed E-state index contributed by atoms with van der Waals surface area (Å²) in [6, 6.07) is 35.3. The molecular weight excluding hydrogens is 562 g/mol. The molecule has 2 N–H and O–H groups in total. The number of carboxylic acid groups (broad SMARTS) is 1. The molecule has 8 nitrogen and oxygen atoms in total. The molecule has 218 valence electrons. The lowest BCUT2D eigenvalue weighted by molar-refractivity contribution is -0.137. The van der Waals surface area contributed by atoms with E-state index in [1.807, 2.05) is 105 Å². The Labute approximate surface area is 252 Å². The normalized spacial score (nSPS) is 18.7. The Kier molecular flexibility index (Phi) is 7.60. The summed E-state index contributed by atoms with van der Waals surface area (Å²) in [5.41, 5.74) is 2.86. The van der Waals surface area contributed by atoms with E-state index in [0.717, 1.165) is 16.7 Å². The SMILES string of the molecule is CO/N=S1/C=C(C(C(=O)O)c2ccc3c(c2)OC(C)(C)O3)NC1=NC(c1ccccc1)(c1ccccc1)c1ccccc1. The van der Waals surface area contributed by atoms with Gasteiger partial charge in [0.15, 0.2) is 16.7 Å². The number of nitrogens with zero attached hydrogens (tertiary/aromatic N) is 2. The summed E-state index contributed by atoms with van der Waals surface area (Å²) in [5, 5.41) is 16.1. The van der Waals surface area contributed by atoms with Gasteiger partial charge in [0, 0.05) is 35.6 Å². The highest BCUT2D eigenvalue weighted by molar-refractivity contribution is 8.05. The fraction of sp³-hybridized carbons (Fsp3) is 0.176. The molecule has 0 saturated heterocycles. The topological polar surface area (TPSA) is 102 Å². The van der Waals surface area contributed by atoms with Crippen molar-refractivity contribution in [2.75, 3.05) is 7.11 Å². The second-order valence-corrected chi connectivity index (χ2v) is 12.0. The fourth-order valence-corrected chi connectivity index (χ4v) is 6.77. The van der Waals surface area contributed by atoms with Crippen LogP contribution in [-0.2, 0) is 25.9 Å². The van der Waals surface area contributed by atoms with E-state index < -0.39 is 33.9 Å². The second-order valence-electron chi connectivity index (χ2n) is 10.6. The quantitative estimate of drug-likeness (QED) is 0.178. The first-order chi connectivity index (χ1) is 20.8. The van der Waals surface area contributed by atoms with Crippen molar-refractivity contribution < 1.29 is 24.2 Å². The van der Waals surface area contributed by atoms with E-state index in [1.165, 1.54) is 7.11 Å². The molecule has 0 fully saturated rings. The molecule has 6 rings (SSSR count). The molecule has 0 saturated carbocycles. The van der Waals surface area contributed by atoms with Gasteiger partial charge in [-0.3, -0.25) is 4.79 Å². The zero-order chi connectivity index (χ0) is 30.0. The van der Waals surface area contributed by atoms with Crippen LogP contribution in [0.25, 0.3) is 0 Å². The van der Waals surface area contributed by atoms with Gasteiger partial charge in [0.2, 0.25) is 5.79 Å². The molecule has 2 aliphatic rings. The molecule has 9 heteroatoms. The highest BCUT2D eigenvalue weighted by Crippen LogP contribution is 2.43. The van der Waals surface area contributed by atoms with Crippen LogP contribution in [0.4, 0.5) is 0 Å². The number of fused-ring (bicyclic) bond motifs is 1. The minimum Gasteiger partial charge on any atom is -0.480 e. The van der Waals surface area contributed by atoms with Crippen LogP contribution in [0.2, 0.25) is 0 Å². The lowest BCUT2D eigenvalue weighted by atomic mass is 9.77. The summed E-state index contributed by atoms with van der Waals surface area (Å²) in [7, 11) is 0.451. The van der Waals surface area contributed by atoms with Gasteiger partial charge in [-0.1, -0.05) is 102 Å². The van der Waals surface area contributed by atoms with Crippen molar-refractivity contribution in [1.29, 1.82) is 0 Å². The van der Waals surface area contributed by atoms with Gasteiger partial charge in [0.1, 0.15) is 11.5 Å². The molecule has 4 aromatic carbocycles. The summed E-state index contributed by atoms with van der Waals surface area (Å²) in [6.07, 6.45) is 0. The van der Waals surface area contributed by atoms with Crippen LogP contribution in [0.15, 0.2) is 130 Å². The maximum absolute atomic E-state index is 12.8. The Morgan fingerprint density at radius 1 is 0.860 bits per heavy atom. The smallest absolute Gasteiger partial charge is 0.317 e. The van der Waals surface area contributed by atoms with E-state index in [0.29, 0.717) is 27.9 Å². The van der Waals surface area contributed by atoms with Crippen molar-refractivity contribution in [3.05, 3.63) is 143 Å². The number of carboxylic acids is 1. The van der Waals surface area contributed by atoms with Gasteiger partial charge >= 0.3 is 5.97 Å². The van der Waals surface area contributed by atoms with Crippen molar-refractivity contribution in [2.45, 2.75) is 31.1 Å². The first kappa shape index (κ1) is 28.4. The molecule has 0 bridgehead atoms. The van der Waals surface area contributed by atoms with Crippen LogP contribution < -0.4 is 14.8 Å². The van der Waals surface area contributed by atoms with Gasteiger partial charge in [0.25, 0.3) is 0 Å². The lowest BCUT2D eigenvalue weighted by Crippen LogP contribution is -2.33. The van der Waals surface area contributed by atoms with E-state index >= 15 is 0 Å².